The summed E-state index contributed by atoms with van der Waals surface area (Å²) in [6.07, 6.45) is 3.05. The first-order valence-electron chi connectivity index (χ1n) is 7.68. The first-order valence-corrected chi connectivity index (χ1v) is 7.68. The lowest BCUT2D eigenvalue weighted by molar-refractivity contribution is 0.189. The van der Waals surface area contributed by atoms with Crippen LogP contribution in [0.3, 0.4) is 0 Å². The molecule has 0 aliphatic carbocycles. The molecule has 21 heavy (non-hydrogen) atoms. The Morgan fingerprint density at radius 3 is 2.62 bits per heavy atom. The summed E-state index contributed by atoms with van der Waals surface area (Å²) < 4.78 is 11.1. The third kappa shape index (κ3) is 6.36. The van der Waals surface area contributed by atoms with Crippen molar-refractivity contribution in [2.45, 2.75) is 45.6 Å². The van der Waals surface area contributed by atoms with Crippen molar-refractivity contribution in [3.05, 3.63) is 23.8 Å². The minimum Gasteiger partial charge on any atom is -0.493 e. The van der Waals surface area contributed by atoms with Gasteiger partial charge in [-0.05, 0) is 50.9 Å². The third-order valence-electron chi connectivity index (χ3n) is 3.40. The van der Waals surface area contributed by atoms with Crippen LogP contribution in [0.4, 0.5) is 0 Å². The number of rotatable bonds is 10. The summed E-state index contributed by atoms with van der Waals surface area (Å²) in [7, 11) is 1.67. The third-order valence-corrected chi connectivity index (χ3v) is 3.40. The zero-order chi connectivity index (χ0) is 15.7. The topological polar surface area (TPSA) is 50.7 Å². The molecule has 0 saturated heterocycles. The number of aliphatic hydroxyl groups excluding tert-OH is 1. The lowest BCUT2D eigenvalue weighted by Gasteiger charge is -2.23. The van der Waals surface area contributed by atoms with E-state index in [1.165, 1.54) is 5.56 Å². The van der Waals surface area contributed by atoms with Crippen molar-refractivity contribution in [3.8, 4) is 11.5 Å². The molecular formula is C17H29NO3. The fraction of sp³-hybridized carbons (Fsp3) is 0.647. The molecule has 0 saturated carbocycles. The van der Waals surface area contributed by atoms with Crippen molar-refractivity contribution in [1.82, 2.24) is 5.32 Å². The van der Waals surface area contributed by atoms with Gasteiger partial charge in [0, 0.05) is 5.54 Å². The van der Waals surface area contributed by atoms with E-state index in [0.29, 0.717) is 0 Å². The predicted molar refractivity (Wildman–Crippen MR) is 86.3 cm³/mol. The normalized spacial score (nSPS) is 11.5. The van der Waals surface area contributed by atoms with Gasteiger partial charge in [-0.2, -0.15) is 0 Å². The van der Waals surface area contributed by atoms with E-state index < -0.39 is 0 Å². The number of hydrogen-bond donors (Lipinski definition) is 2. The lowest BCUT2D eigenvalue weighted by atomic mass is 10.1. The van der Waals surface area contributed by atoms with Gasteiger partial charge in [0.05, 0.1) is 20.3 Å². The standard InChI is InChI=1S/C17H29NO3/c1-5-6-11-21-15-8-7-14(12-16(15)20-4)9-10-18-17(2,3)13-19/h7-8,12,18-19H,5-6,9-11,13H2,1-4H3. The molecule has 120 valence electrons. The molecule has 0 amide bonds. The molecular weight excluding hydrogens is 266 g/mol. The number of hydrogen-bond acceptors (Lipinski definition) is 4. The highest BCUT2D eigenvalue weighted by atomic mass is 16.5. The molecule has 4 nitrogen and oxygen atoms in total. The molecule has 1 aromatic rings. The number of aliphatic hydroxyl groups is 1. The van der Waals surface area contributed by atoms with Crippen LogP contribution in [-0.4, -0.2) is 37.5 Å². The summed E-state index contributed by atoms with van der Waals surface area (Å²) in [6.45, 7) is 7.77. The summed E-state index contributed by atoms with van der Waals surface area (Å²) in [5.74, 6) is 1.59. The molecule has 0 atom stereocenters. The minimum absolute atomic E-state index is 0.126. The van der Waals surface area contributed by atoms with Crippen LogP contribution in [0, 0.1) is 0 Å². The molecule has 4 heteroatoms. The number of benzene rings is 1. The van der Waals surface area contributed by atoms with Gasteiger partial charge in [-0.1, -0.05) is 19.4 Å². The quantitative estimate of drug-likeness (QED) is 0.652. The Labute approximate surface area is 128 Å². The largest absolute Gasteiger partial charge is 0.493 e. The number of ether oxygens (including phenoxy) is 2. The fourth-order valence-corrected chi connectivity index (χ4v) is 1.91. The Bertz CT molecular complexity index is 418. The number of unbranched alkanes of at least 4 members (excludes halogenated alkanes) is 1. The van der Waals surface area contributed by atoms with Crippen molar-refractivity contribution in [2.24, 2.45) is 0 Å². The first kappa shape index (κ1) is 17.8. The van der Waals surface area contributed by atoms with E-state index in [4.69, 9.17) is 9.47 Å². The van der Waals surface area contributed by atoms with Crippen molar-refractivity contribution < 1.29 is 14.6 Å². The van der Waals surface area contributed by atoms with E-state index in [-0.39, 0.29) is 12.1 Å². The van der Waals surface area contributed by atoms with Crippen LogP contribution >= 0.6 is 0 Å². The van der Waals surface area contributed by atoms with Gasteiger partial charge >= 0.3 is 0 Å². The van der Waals surface area contributed by atoms with Crippen LogP contribution in [0.25, 0.3) is 0 Å². The van der Waals surface area contributed by atoms with Gasteiger partial charge in [-0.15, -0.1) is 0 Å². The van der Waals surface area contributed by atoms with E-state index in [9.17, 15) is 5.11 Å². The number of methoxy groups -OCH3 is 1. The highest BCUT2D eigenvalue weighted by molar-refractivity contribution is 5.43. The average molecular weight is 295 g/mol. The van der Waals surface area contributed by atoms with Gasteiger partial charge < -0.3 is 19.9 Å². The Balaban J connectivity index is 2.56. The molecule has 1 aromatic carbocycles. The second-order valence-corrected chi connectivity index (χ2v) is 5.91. The van der Waals surface area contributed by atoms with Crippen LogP contribution in [0.2, 0.25) is 0 Å². The molecule has 1 rings (SSSR count). The van der Waals surface area contributed by atoms with Crippen molar-refractivity contribution in [3.63, 3.8) is 0 Å². The maximum absolute atomic E-state index is 9.21. The lowest BCUT2D eigenvalue weighted by Crippen LogP contribution is -2.43. The highest BCUT2D eigenvalue weighted by Gasteiger charge is 2.14. The average Bonchev–Trinajstić information content (AvgIpc) is 2.48. The van der Waals surface area contributed by atoms with Crippen LogP contribution in [0.5, 0.6) is 11.5 Å². The first-order chi connectivity index (χ1) is 10.0. The Morgan fingerprint density at radius 2 is 2.00 bits per heavy atom. The number of nitrogens with one attached hydrogen (secondary N) is 1. The molecule has 0 aromatic heterocycles. The molecule has 0 unspecified atom stereocenters. The minimum atomic E-state index is -0.243. The van der Waals surface area contributed by atoms with E-state index in [0.717, 1.165) is 43.9 Å². The van der Waals surface area contributed by atoms with Gasteiger partial charge in [-0.25, -0.2) is 0 Å². The summed E-state index contributed by atoms with van der Waals surface area (Å²) in [6, 6.07) is 6.06. The van der Waals surface area contributed by atoms with E-state index in [1.807, 2.05) is 26.0 Å². The van der Waals surface area contributed by atoms with Crippen LogP contribution in [0.1, 0.15) is 39.2 Å². The highest BCUT2D eigenvalue weighted by Crippen LogP contribution is 2.28. The molecule has 0 heterocycles. The van der Waals surface area contributed by atoms with Crippen LogP contribution in [0.15, 0.2) is 18.2 Å². The van der Waals surface area contributed by atoms with E-state index in [2.05, 4.69) is 18.3 Å². The van der Waals surface area contributed by atoms with Gasteiger partial charge in [0.15, 0.2) is 11.5 Å². The summed E-state index contributed by atoms with van der Waals surface area (Å²) in [5.41, 5.74) is 0.948. The van der Waals surface area contributed by atoms with Crippen molar-refractivity contribution in [2.75, 3.05) is 26.9 Å². The van der Waals surface area contributed by atoms with Gasteiger partial charge in [0.25, 0.3) is 0 Å². The second kappa shape index (κ2) is 8.90. The molecule has 0 aliphatic rings. The Kier molecular flexibility index (Phi) is 7.54. The zero-order valence-corrected chi connectivity index (χ0v) is 13.7. The van der Waals surface area contributed by atoms with E-state index >= 15 is 0 Å². The van der Waals surface area contributed by atoms with Crippen LogP contribution < -0.4 is 14.8 Å². The molecule has 0 spiro atoms. The molecule has 2 N–H and O–H groups in total. The maximum Gasteiger partial charge on any atom is 0.161 e. The SMILES string of the molecule is CCCCOc1ccc(CCNC(C)(C)CO)cc1OC. The summed E-state index contributed by atoms with van der Waals surface area (Å²) >= 11 is 0. The fourth-order valence-electron chi connectivity index (χ4n) is 1.91. The van der Waals surface area contributed by atoms with Crippen molar-refractivity contribution in [1.29, 1.82) is 0 Å². The zero-order valence-electron chi connectivity index (χ0n) is 13.7. The Hall–Kier alpha value is -1.26. The molecule has 0 radical (unpaired) electrons. The summed E-state index contributed by atoms with van der Waals surface area (Å²) in [4.78, 5) is 0. The van der Waals surface area contributed by atoms with Gasteiger partial charge in [-0.3, -0.25) is 0 Å². The van der Waals surface area contributed by atoms with Gasteiger partial charge in [0.2, 0.25) is 0 Å². The molecule has 0 bridgehead atoms. The smallest absolute Gasteiger partial charge is 0.161 e. The van der Waals surface area contributed by atoms with E-state index in [1.54, 1.807) is 7.11 Å². The second-order valence-electron chi connectivity index (χ2n) is 5.91. The monoisotopic (exact) mass is 295 g/mol. The van der Waals surface area contributed by atoms with Gasteiger partial charge in [0.1, 0.15) is 0 Å². The Morgan fingerprint density at radius 1 is 1.24 bits per heavy atom. The van der Waals surface area contributed by atoms with Crippen LogP contribution in [-0.2, 0) is 6.42 Å². The molecule has 0 aliphatic heterocycles. The van der Waals surface area contributed by atoms with Crippen molar-refractivity contribution >= 4 is 0 Å². The predicted octanol–water partition coefficient (Wildman–Crippen LogP) is 2.78. The maximum atomic E-state index is 9.21. The summed E-state index contributed by atoms with van der Waals surface area (Å²) in [5, 5.41) is 12.5. The molecule has 0 fully saturated rings.